The number of nitrogens with zero attached hydrogens (tertiary/aromatic N) is 4. The first-order valence-electron chi connectivity index (χ1n) is 6.05. The van der Waals surface area contributed by atoms with Gasteiger partial charge >= 0.3 is 6.18 Å². The Labute approximate surface area is 117 Å². The second-order valence-corrected chi connectivity index (χ2v) is 4.27. The van der Waals surface area contributed by atoms with Crippen LogP contribution in [0, 0.1) is 0 Å². The molecule has 3 aromatic heterocycles. The van der Waals surface area contributed by atoms with E-state index in [1.54, 1.807) is 36.5 Å². The van der Waals surface area contributed by atoms with E-state index in [4.69, 9.17) is 0 Å². The number of halogens is 3. The topological polar surface area (TPSA) is 43.6 Å². The van der Waals surface area contributed by atoms with Gasteiger partial charge in [-0.2, -0.15) is 18.3 Å². The summed E-state index contributed by atoms with van der Waals surface area (Å²) < 4.78 is 38.8. The molecule has 0 bridgehead atoms. The predicted octanol–water partition coefficient (Wildman–Crippen LogP) is 3.35. The van der Waals surface area contributed by atoms with Gasteiger partial charge in [-0.05, 0) is 24.3 Å². The summed E-state index contributed by atoms with van der Waals surface area (Å²) in [6, 6.07) is 10.4. The summed E-state index contributed by atoms with van der Waals surface area (Å²) >= 11 is 0. The first kappa shape index (κ1) is 13.3. The summed E-state index contributed by atoms with van der Waals surface area (Å²) in [7, 11) is 0. The van der Waals surface area contributed by atoms with E-state index in [1.165, 1.54) is 0 Å². The molecule has 0 fully saturated rings. The minimum absolute atomic E-state index is 0.300. The molecule has 0 atom stereocenters. The fourth-order valence-electron chi connectivity index (χ4n) is 1.80. The van der Waals surface area contributed by atoms with Crippen molar-refractivity contribution in [1.29, 1.82) is 0 Å². The van der Waals surface area contributed by atoms with E-state index in [-0.39, 0.29) is 0 Å². The Hall–Kier alpha value is -2.70. The number of hydrogen-bond donors (Lipinski definition) is 0. The second-order valence-electron chi connectivity index (χ2n) is 4.27. The van der Waals surface area contributed by atoms with Crippen molar-refractivity contribution >= 4 is 0 Å². The molecule has 3 rings (SSSR count). The maximum atomic E-state index is 12.6. The van der Waals surface area contributed by atoms with Gasteiger partial charge in [0.25, 0.3) is 0 Å². The number of alkyl halides is 3. The summed E-state index contributed by atoms with van der Waals surface area (Å²) in [6.07, 6.45) is -1.12. The molecule has 0 aromatic carbocycles. The van der Waals surface area contributed by atoms with Crippen molar-refractivity contribution in [3.63, 3.8) is 0 Å². The molecule has 3 heterocycles. The third-order valence-electron chi connectivity index (χ3n) is 2.81. The van der Waals surface area contributed by atoms with Crippen molar-refractivity contribution in [2.45, 2.75) is 6.18 Å². The van der Waals surface area contributed by atoms with Crippen LogP contribution in [0.25, 0.3) is 17.2 Å². The average molecular weight is 290 g/mol. The third kappa shape index (κ3) is 2.76. The zero-order valence-corrected chi connectivity index (χ0v) is 10.6. The van der Waals surface area contributed by atoms with Crippen LogP contribution in [-0.4, -0.2) is 19.7 Å². The van der Waals surface area contributed by atoms with E-state index in [2.05, 4.69) is 15.1 Å². The van der Waals surface area contributed by atoms with Crippen molar-refractivity contribution < 1.29 is 13.2 Å². The first-order chi connectivity index (χ1) is 10.0. The zero-order valence-electron chi connectivity index (χ0n) is 10.6. The molecule has 0 aliphatic heterocycles. The smallest absolute Gasteiger partial charge is 0.255 e. The minimum Gasteiger partial charge on any atom is -0.255 e. The fourth-order valence-corrected chi connectivity index (χ4v) is 1.80. The molecule has 7 heteroatoms. The molecular formula is C14H9F3N4. The lowest BCUT2D eigenvalue weighted by molar-refractivity contribution is -0.137. The first-order valence-corrected chi connectivity index (χ1v) is 6.05. The van der Waals surface area contributed by atoms with Crippen LogP contribution in [-0.2, 0) is 6.18 Å². The van der Waals surface area contributed by atoms with E-state index in [0.29, 0.717) is 17.2 Å². The quantitative estimate of drug-likeness (QED) is 0.727. The van der Waals surface area contributed by atoms with Gasteiger partial charge in [-0.3, -0.25) is 4.98 Å². The average Bonchev–Trinajstić information content (AvgIpc) is 2.98. The Morgan fingerprint density at radius 2 is 1.76 bits per heavy atom. The highest BCUT2D eigenvalue weighted by Gasteiger charge is 2.32. The summed E-state index contributed by atoms with van der Waals surface area (Å²) in [6.45, 7) is 0. The van der Waals surface area contributed by atoms with Crippen molar-refractivity contribution in [2.75, 3.05) is 0 Å². The van der Waals surface area contributed by atoms with Gasteiger partial charge in [0.05, 0.1) is 23.1 Å². The normalized spacial score (nSPS) is 11.6. The van der Waals surface area contributed by atoms with E-state index >= 15 is 0 Å². The summed E-state index contributed by atoms with van der Waals surface area (Å²) in [5, 5.41) is 3.70. The van der Waals surface area contributed by atoms with E-state index in [9.17, 15) is 13.2 Å². The largest absolute Gasteiger partial charge is 0.419 e. The Morgan fingerprint density at radius 3 is 2.43 bits per heavy atom. The van der Waals surface area contributed by atoms with E-state index in [0.717, 1.165) is 17.1 Å². The van der Waals surface area contributed by atoms with Crippen LogP contribution in [0.1, 0.15) is 5.56 Å². The molecule has 4 nitrogen and oxygen atoms in total. The third-order valence-corrected chi connectivity index (χ3v) is 2.81. The van der Waals surface area contributed by atoms with E-state index in [1.807, 2.05) is 6.07 Å². The number of hydrogen-bond acceptors (Lipinski definition) is 3. The van der Waals surface area contributed by atoms with Crippen LogP contribution in [0.4, 0.5) is 13.2 Å². The Bertz CT molecular complexity index is 750. The van der Waals surface area contributed by atoms with Gasteiger partial charge < -0.3 is 0 Å². The van der Waals surface area contributed by atoms with Crippen molar-refractivity contribution in [2.24, 2.45) is 0 Å². The highest BCUT2D eigenvalue weighted by Crippen LogP contribution is 2.29. The zero-order chi connectivity index (χ0) is 14.9. The van der Waals surface area contributed by atoms with Gasteiger partial charge in [-0.1, -0.05) is 12.1 Å². The highest BCUT2D eigenvalue weighted by atomic mass is 19.4. The predicted molar refractivity (Wildman–Crippen MR) is 69.6 cm³/mol. The lowest BCUT2D eigenvalue weighted by Crippen LogP contribution is -2.03. The van der Waals surface area contributed by atoms with Gasteiger partial charge in [0.1, 0.15) is 0 Å². The van der Waals surface area contributed by atoms with Crippen molar-refractivity contribution in [1.82, 2.24) is 19.7 Å². The monoisotopic (exact) mass is 290 g/mol. The molecular weight excluding hydrogens is 281 g/mol. The molecule has 0 aliphatic carbocycles. The Kier molecular flexibility index (Phi) is 3.17. The maximum Gasteiger partial charge on any atom is 0.419 e. The van der Waals surface area contributed by atoms with Gasteiger partial charge in [0.2, 0.25) is 0 Å². The molecule has 0 N–H and O–H groups in total. The van der Waals surface area contributed by atoms with E-state index < -0.39 is 11.7 Å². The molecule has 3 aromatic rings. The van der Waals surface area contributed by atoms with Gasteiger partial charge in [-0.25, -0.2) is 9.67 Å². The SMILES string of the molecule is FC(F)(F)c1cnn(-c2cccc(-c3ccccn3)n2)c1. The summed E-state index contributed by atoms with van der Waals surface area (Å²) in [4.78, 5) is 8.44. The lowest BCUT2D eigenvalue weighted by Gasteiger charge is -2.04. The molecule has 0 saturated carbocycles. The molecule has 106 valence electrons. The van der Waals surface area contributed by atoms with Gasteiger partial charge in [0, 0.05) is 12.4 Å². The van der Waals surface area contributed by atoms with Crippen molar-refractivity contribution in [3.8, 4) is 17.2 Å². The second kappa shape index (κ2) is 5.01. The van der Waals surface area contributed by atoms with Crippen LogP contribution >= 0.6 is 0 Å². The Balaban J connectivity index is 1.99. The molecule has 0 spiro atoms. The van der Waals surface area contributed by atoms with Crippen LogP contribution in [0.5, 0.6) is 0 Å². The van der Waals surface area contributed by atoms with Crippen molar-refractivity contribution in [3.05, 3.63) is 60.6 Å². The molecule has 21 heavy (non-hydrogen) atoms. The summed E-state index contributed by atoms with van der Waals surface area (Å²) in [5.41, 5.74) is 0.396. The molecule has 0 unspecified atom stereocenters. The standard InChI is InChI=1S/C14H9F3N4/c15-14(16,17)10-8-19-21(9-10)13-6-3-5-12(20-13)11-4-1-2-7-18-11/h1-9H. The number of pyridine rings is 2. The van der Waals surface area contributed by atoms with Crippen LogP contribution < -0.4 is 0 Å². The fraction of sp³-hybridized carbons (Fsp3) is 0.0714. The Morgan fingerprint density at radius 1 is 0.952 bits per heavy atom. The summed E-state index contributed by atoms with van der Waals surface area (Å²) in [5.74, 6) is 0.300. The molecule has 0 radical (unpaired) electrons. The number of aromatic nitrogens is 4. The highest BCUT2D eigenvalue weighted by molar-refractivity contribution is 5.54. The minimum atomic E-state index is -4.42. The number of rotatable bonds is 2. The van der Waals surface area contributed by atoms with Crippen LogP contribution in [0.2, 0.25) is 0 Å². The van der Waals surface area contributed by atoms with Crippen LogP contribution in [0.3, 0.4) is 0 Å². The van der Waals surface area contributed by atoms with Gasteiger partial charge in [-0.15, -0.1) is 0 Å². The molecule has 0 saturated heterocycles. The lowest BCUT2D eigenvalue weighted by atomic mass is 10.2. The maximum absolute atomic E-state index is 12.6. The molecule has 0 aliphatic rings. The van der Waals surface area contributed by atoms with Crippen LogP contribution in [0.15, 0.2) is 55.0 Å². The molecule has 0 amide bonds. The van der Waals surface area contributed by atoms with Gasteiger partial charge in [0.15, 0.2) is 5.82 Å².